The molecule has 1 saturated heterocycles. The molecule has 24 heavy (non-hydrogen) atoms. The Bertz CT molecular complexity index is 888. The summed E-state index contributed by atoms with van der Waals surface area (Å²) < 4.78 is 0. The average Bonchev–Trinajstić information content (AvgIpc) is 2.68. The fraction of sp³-hybridized carbons (Fsp3) is 0.238. The molecule has 3 aromatic rings. The van der Waals surface area contributed by atoms with Crippen LogP contribution in [-0.2, 0) is 0 Å². The van der Waals surface area contributed by atoms with E-state index in [1.807, 2.05) is 18.2 Å². The van der Waals surface area contributed by atoms with E-state index in [2.05, 4.69) is 53.4 Å². The SMILES string of the molecule is N#Cc1ccc2nc(N3CCC(c4ccccc4)CC3)ccc2c1. The second-order valence-corrected chi connectivity index (χ2v) is 6.36. The molecule has 1 aliphatic rings. The minimum Gasteiger partial charge on any atom is -0.357 e. The Morgan fingerprint density at radius 3 is 2.50 bits per heavy atom. The van der Waals surface area contributed by atoms with Crippen LogP contribution in [0.4, 0.5) is 5.82 Å². The van der Waals surface area contributed by atoms with Gasteiger partial charge in [-0.05, 0) is 54.7 Å². The lowest BCUT2D eigenvalue weighted by Crippen LogP contribution is -2.33. The number of anilines is 1. The van der Waals surface area contributed by atoms with Gasteiger partial charge < -0.3 is 4.90 Å². The van der Waals surface area contributed by atoms with Gasteiger partial charge in [0.2, 0.25) is 0 Å². The summed E-state index contributed by atoms with van der Waals surface area (Å²) in [6.45, 7) is 2.07. The van der Waals surface area contributed by atoms with Gasteiger partial charge >= 0.3 is 0 Å². The molecule has 1 fully saturated rings. The van der Waals surface area contributed by atoms with Crippen LogP contribution in [0.1, 0.15) is 29.9 Å². The Balaban J connectivity index is 1.51. The van der Waals surface area contributed by atoms with Crippen LogP contribution in [-0.4, -0.2) is 18.1 Å². The van der Waals surface area contributed by atoms with E-state index < -0.39 is 0 Å². The molecular weight excluding hydrogens is 294 g/mol. The molecule has 0 atom stereocenters. The number of nitriles is 1. The number of rotatable bonds is 2. The van der Waals surface area contributed by atoms with Crippen molar-refractivity contribution in [1.82, 2.24) is 4.98 Å². The first kappa shape index (κ1) is 14.7. The average molecular weight is 313 g/mol. The Kier molecular flexibility index (Phi) is 3.88. The second kappa shape index (κ2) is 6.33. The normalized spacial score (nSPS) is 15.4. The van der Waals surface area contributed by atoms with Gasteiger partial charge in [0, 0.05) is 18.5 Å². The van der Waals surface area contributed by atoms with Crippen LogP contribution < -0.4 is 4.90 Å². The van der Waals surface area contributed by atoms with Gasteiger partial charge in [0.05, 0.1) is 17.1 Å². The number of piperidine rings is 1. The van der Waals surface area contributed by atoms with Gasteiger partial charge in [0.25, 0.3) is 0 Å². The molecule has 118 valence electrons. The Morgan fingerprint density at radius 2 is 1.75 bits per heavy atom. The van der Waals surface area contributed by atoms with E-state index in [-0.39, 0.29) is 0 Å². The molecule has 0 unspecified atom stereocenters. The molecule has 0 saturated carbocycles. The number of hydrogen-bond donors (Lipinski definition) is 0. The van der Waals surface area contributed by atoms with Gasteiger partial charge in [-0.15, -0.1) is 0 Å². The maximum Gasteiger partial charge on any atom is 0.129 e. The first-order chi connectivity index (χ1) is 11.8. The van der Waals surface area contributed by atoms with Gasteiger partial charge in [-0.1, -0.05) is 30.3 Å². The van der Waals surface area contributed by atoms with Crippen LogP contribution in [0.15, 0.2) is 60.7 Å². The quantitative estimate of drug-likeness (QED) is 0.700. The van der Waals surface area contributed by atoms with Crippen LogP contribution >= 0.6 is 0 Å². The molecule has 3 nitrogen and oxygen atoms in total. The smallest absolute Gasteiger partial charge is 0.129 e. The lowest BCUT2D eigenvalue weighted by atomic mass is 9.89. The molecule has 3 heteroatoms. The van der Waals surface area contributed by atoms with Crippen molar-refractivity contribution >= 4 is 16.7 Å². The second-order valence-electron chi connectivity index (χ2n) is 6.36. The van der Waals surface area contributed by atoms with E-state index >= 15 is 0 Å². The van der Waals surface area contributed by atoms with Crippen molar-refractivity contribution in [3.05, 3.63) is 71.8 Å². The van der Waals surface area contributed by atoms with Gasteiger partial charge in [0.1, 0.15) is 5.82 Å². The molecule has 0 radical (unpaired) electrons. The minimum absolute atomic E-state index is 0.654. The van der Waals surface area contributed by atoms with Gasteiger partial charge in [0.15, 0.2) is 0 Å². The monoisotopic (exact) mass is 313 g/mol. The Hall–Kier alpha value is -2.86. The molecule has 0 bridgehead atoms. The maximum absolute atomic E-state index is 9.00. The first-order valence-electron chi connectivity index (χ1n) is 8.44. The van der Waals surface area contributed by atoms with E-state index in [1.165, 1.54) is 5.56 Å². The number of benzene rings is 2. The maximum atomic E-state index is 9.00. The summed E-state index contributed by atoms with van der Waals surface area (Å²) in [5.41, 5.74) is 3.09. The Labute approximate surface area is 142 Å². The van der Waals surface area contributed by atoms with Crippen molar-refractivity contribution in [3.63, 3.8) is 0 Å². The summed E-state index contributed by atoms with van der Waals surface area (Å²) in [6, 6.07) is 22.8. The van der Waals surface area contributed by atoms with E-state index in [1.54, 1.807) is 0 Å². The standard InChI is InChI=1S/C21H19N3/c22-15-16-6-8-20-19(14-16)7-9-21(23-20)24-12-10-18(11-13-24)17-4-2-1-3-5-17/h1-9,14,18H,10-13H2. The fourth-order valence-corrected chi connectivity index (χ4v) is 3.53. The van der Waals surface area contributed by atoms with Crippen molar-refractivity contribution in [1.29, 1.82) is 5.26 Å². The lowest BCUT2D eigenvalue weighted by Gasteiger charge is -2.33. The van der Waals surface area contributed by atoms with Gasteiger partial charge in [-0.2, -0.15) is 5.26 Å². The van der Waals surface area contributed by atoms with Crippen molar-refractivity contribution in [2.45, 2.75) is 18.8 Å². The van der Waals surface area contributed by atoms with Crippen LogP contribution in [0.2, 0.25) is 0 Å². The zero-order valence-corrected chi connectivity index (χ0v) is 13.5. The van der Waals surface area contributed by atoms with Crippen LogP contribution in [0, 0.1) is 11.3 Å². The lowest BCUT2D eigenvalue weighted by molar-refractivity contribution is 0.503. The van der Waals surface area contributed by atoms with Crippen molar-refractivity contribution < 1.29 is 0 Å². The minimum atomic E-state index is 0.654. The molecule has 1 aromatic heterocycles. The molecule has 2 aromatic carbocycles. The number of hydrogen-bond acceptors (Lipinski definition) is 3. The van der Waals surface area contributed by atoms with Gasteiger partial charge in [-0.25, -0.2) is 4.98 Å². The first-order valence-corrected chi connectivity index (χ1v) is 8.44. The highest BCUT2D eigenvalue weighted by Gasteiger charge is 2.21. The number of fused-ring (bicyclic) bond motifs is 1. The summed E-state index contributed by atoms with van der Waals surface area (Å²) in [6.07, 6.45) is 2.33. The molecule has 4 rings (SSSR count). The van der Waals surface area contributed by atoms with Crippen LogP contribution in [0.3, 0.4) is 0 Å². The Morgan fingerprint density at radius 1 is 0.958 bits per heavy atom. The number of pyridine rings is 1. The van der Waals surface area contributed by atoms with E-state index in [0.29, 0.717) is 11.5 Å². The molecule has 0 N–H and O–H groups in total. The summed E-state index contributed by atoms with van der Waals surface area (Å²) in [7, 11) is 0. The van der Waals surface area contributed by atoms with Crippen LogP contribution in [0.5, 0.6) is 0 Å². The molecule has 0 spiro atoms. The zero-order chi connectivity index (χ0) is 16.4. The topological polar surface area (TPSA) is 39.9 Å². The molecule has 0 amide bonds. The van der Waals surface area contributed by atoms with E-state index in [0.717, 1.165) is 42.7 Å². The van der Waals surface area contributed by atoms with Crippen molar-refractivity contribution in [2.24, 2.45) is 0 Å². The van der Waals surface area contributed by atoms with Crippen LogP contribution in [0.25, 0.3) is 10.9 Å². The highest BCUT2D eigenvalue weighted by atomic mass is 15.2. The third-order valence-electron chi connectivity index (χ3n) is 4.89. The van der Waals surface area contributed by atoms with Crippen molar-refractivity contribution in [3.8, 4) is 6.07 Å². The summed E-state index contributed by atoms with van der Waals surface area (Å²) >= 11 is 0. The molecule has 2 heterocycles. The largest absolute Gasteiger partial charge is 0.357 e. The van der Waals surface area contributed by atoms with E-state index in [9.17, 15) is 0 Å². The molecule has 0 aliphatic carbocycles. The third-order valence-corrected chi connectivity index (χ3v) is 4.89. The third kappa shape index (κ3) is 2.83. The van der Waals surface area contributed by atoms with E-state index in [4.69, 9.17) is 10.2 Å². The highest BCUT2D eigenvalue weighted by Crippen LogP contribution is 2.30. The summed E-state index contributed by atoms with van der Waals surface area (Å²) in [5, 5.41) is 10.0. The zero-order valence-electron chi connectivity index (χ0n) is 13.5. The highest BCUT2D eigenvalue weighted by molar-refractivity contribution is 5.81. The molecule has 1 aliphatic heterocycles. The van der Waals surface area contributed by atoms with Gasteiger partial charge in [-0.3, -0.25) is 0 Å². The predicted molar refractivity (Wildman–Crippen MR) is 97.1 cm³/mol. The number of nitrogens with zero attached hydrogens (tertiary/aromatic N) is 3. The number of aromatic nitrogens is 1. The van der Waals surface area contributed by atoms with Crippen molar-refractivity contribution in [2.75, 3.05) is 18.0 Å². The summed E-state index contributed by atoms with van der Waals surface area (Å²) in [4.78, 5) is 7.16. The molecular formula is C21H19N3. The summed E-state index contributed by atoms with van der Waals surface area (Å²) in [5.74, 6) is 1.69. The predicted octanol–water partition coefficient (Wildman–Crippen LogP) is 4.49. The fourth-order valence-electron chi connectivity index (χ4n) is 3.53.